The lowest BCUT2D eigenvalue weighted by Crippen LogP contribution is -2.55. The van der Waals surface area contributed by atoms with Gasteiger partial charge in [0.2, 0.25) is 23.6 Å². The molecule has 1 heterocycles. The van der Waals surface area contributed by atoms with Crippen LogP contribution in [-0.4, -0.2) is 128 Å². The number of rotatable bonds is 24. The molecule has 1 fully saturated rings. The molecule has 2 aromatic rings. The quantitative estimate of drug-likeness (QED) is 0.114. The van der Waals surface area contributed by atoms with E-state index in [1.165, 1.54) is 14.2 Å². The van der Waals surface area contributed by atoms with E-state index in [1.807, 2.05) is 71.8 Å². The number of carbonyl (C=O) groups is 4. The molecule has 0 spiro atoms. The van der Waals surface area contributed by atoms with E-state index in [0.29, 0.717) is 36.9 Å². The highest BCUT2D eigenvalue weighted by Gasteiger charge is 2.43. The fourth-order valence-electron chi connectivity index (χ4n) is 8.38. The van der Waals surface area contributed by atoms with Crippen molar-refractivity contribution in [2.45, 2.75) is 123 Å². The van der Waals surface area contributed by atoms with Crippen molar-refractivity contribution in [3.05, 3.63) is 71.3 Å². The topological polar surface area (TPSA) is 176 Å². The summed E-state index contributed by atoms with van der Waals surface area (Å²) in [5.74, 6) is -1.84. The van der Waals surface area contributed by atoms with Crippen molar-refractivity contribution in [2.24, 2.45) is 17.8 Å². The van der Waals surface area contributed by atoms with Gasteiger partial charge in [-0.1, -0.05) is 101 Å². The van der Waals surface area contributed by atoms with Crippen LogP contribution in [0.15, 0.2) is 54.6 Å². The molecule has 1 aliphatic rings. The average molecular weight is 874 g/mol. The van der Waals surface area contributed by atoms with Crippen molar-refractivity contribution in [2.75, 3.05) is 48.5 Å². The number of nitrogens with one attached hydrogen (secondary N) is 2. The summed E-state index contributed by atoms with van der Waals surface area (Å²) >= 11 is 0. The van der Waals surface area contributed by atoms with Gasteiger partial charge in [-0.3, -0.25) is 33.1 Å². The van der Waals surface area contributed by atoms with Crippen LogP contribution in [0.1, 0.15) is 90.0 Å². The monoisotopic (exact) mass is 874 g/mol. The van der Waals surface area contributed by atoms with Crippen LogP contribution >= 0.6 is 7.82 Å². The van der Waals surface area contributed by atoms with Crippen molar-refractivity contribution in [1.29, 1.82) is 0 Å². The summed E-state index contributed by atoms with van der Waals surface area (Å²) in [7, 11) is 3.78. The van der Waals surface area contributed by atoms with Gasteiger partial charge in [-0.2, -0.15) is 0 Å². The van der Waals surface area contributed by atoms with Crippen LogP contribution in [0.3, 0.4) is 0 Å². The summed E-state index contributed by atoms with van der Waals surface area (Å²) in [6.07, 6.45) is -0.375. The highest BCUT2D eigenvalue weighted by Crippen LogP contribution is 2.49. The number of amides is 4. The van der Waals surface area contributed by atoms with Crippen LogP contribution in [0.4, 0.5) is 0 Å². The zero-order valence-corrected chi connectivity index (χ0v) is 39.2. The molecule has 342 valence electrons. The molecule has 16 heteroatoms. The molecule has 61 heavy (non-hydrogen) atoms. The Morgan fingerprint density at radius 1 is 0.934 bits per heavy atom. The van der Waals surface area contributed by atoms with Crippen LogP contribution < -0.4 is 10.6 Å². The number of hydrogen-bond donors (Lipinski definition) is 3. The first-order valence-electron chi connectivity index (χ1n) is 21.4. The van der Waals surface area contributed by atoms with E-state index in [1.54, 1.807) is 67.1 Å². The molecular weight excluding hydrogens is 801 g/mol. The number of carbonyl (C=O) groups excluding carboxylic acids is 4. The molecule has 0 aromatic heterocycles. The van der Waals surface area contributed by atoms with Gasteiger partial charge < -0.3 is 34.8 Å². The number of benzene rings is 2. The van der Waals surface area contributed by atoms with Crippen LogP contribution in [-0.2, 0) is 48.9 Å². The van der Waals surface area contributed by atoms with Gasteiger partial charge in [0.15, 0.2) is 0 Å². The summed E-state index contributed by atoms with van der Waals surface area (Å²) in [6.45, 7) is 13.4. The second-order valence-electron chi connectivity index (χ2n) is 17.0. The fourth-order valence-corrected chi connectivity index (χ4v) is 9.34. The normalized spacial score (nSPS) is 19.3. The predicted octanol–water partition coefficient (Wildman–Crippen LogP) is 5.50. The minimum Gasteiger partial charge on any atom is -0.379 e. The standard InChI is InChI=1S/C45H72N5O10P/c1-13-31(5)41(49(10)39(52)27-46-45(54)40(29(2)3)48(8)9)37(57-11)26-38(51)50-25-17-20-36(50)42(58-12)32(6)44(53)47-33(7)43(35-18-15-14-16-19-35)60-61(55,56)59-28-34-23-21-30(4)22-24-34/h14-16,18-19,21-24,29,31-33,36-37,40-43H,13,17,20,25-28H2,1-12H3,(H,46,54)(H,47,53)(H,55,56)/t31-,32+,33+,36-,37+,40-,41-,42+,43+/m0/s1. The molecule has 2 aromatic carbocycles. The van der Waals surface area contributed by atoms with Gasteiger partial charge in [0.25, 0.3) is 0 Å². The van der Waals surface area contributed by atoms with Gasteiger partial charge in [-0.05, 0) is 63.7 Å². The Hall–Kier alpha value is -3.69. The van der Waals surface area contributed by atoms with E-state index in [9.17, 15) is 28.6 Å². The molecular formula is C45H72N5O10P. The number of likely N-dealkylation sites (N-methyl/N-ethyl adjacent to an activating group) is 2. The molecule has 10 atom stereocenters. The van der Waals surface area contributed by atoms with Crippen LogP contribution in [0.25, 0.3) is 0 Å². The van der Waals surface area contributed by atoms with E-state index in [-0.39, 0.29) is 55.0 Å². The smallest absolute Gasteiger partial charge is 0.379 e. The molecule has 1 saturated heterocycles. The molecule has 1 aliphatic heterocycles. The lowest BCUT2D eigenvalue weighted by atomic mass is 9.90. The van der Waals surface area contributed by atoms with E-state index < -0.39 is 56.2 Å². The summed E-state index contributed by atoms with van der Waals surface area (Å²) in [5, 5.41) is 5.78. The minimum atomic E-state index is -4.60. The summed E-state index contributed by atoms with van der Waals surface area (Å²) in [6, 6.07) is 14.2. The number of hydrogen-bond acceptors (Lipinski definition) is 10. The van der Waals surface area contributed by atoms with Gasteiger partial charge in [-0.15, -0.1) is 0 Å². The van der Waals surface area contributed by atoms with E-state index in [4.69, 9.17) is 18.5 Å². The molecule has 0 radical (unpaired) electrons. The van der Waals surface area contributed by atoms with Crippen molar-refractivity contribution in [1.82, 2.24) is 25.3 Å². The lowest BCUT2D eigenvalue weighted by molar-refractivity contribution is -0.146. The number of ether oxygens (including phenoxy) is 2. The Labute approximate surface area is 363 Å². The molecule has 0 aliphatic carbocycles. The Kier molecular flexibility index (Phi) is 20.5. The van der Waals surface area contributed by atoms with Gasteiger partial charge in [0, 0.05) is 27.8 Å². The second kappa shape index (κ2) is 24.2. The van der Waals surface area contributed by atoms with Crippen LogP contribution in [0, 0.1) is 24.7 Å². The lowest BCUT2D eigenvalue weighted by Gasteiger charge is -2.39. The maximum Gasteiger partial charge on any atom is 0.473 e. The van der Waals surface area contributed by atoms with Gasteiger partial charge in [0.05, 0.1) is 61.9 Å². The molecule has 0 saturated carbocycles. The second-order valence-corrected chi connectivity index (χ2v) is 18.4. The van der Waals surface area contributed by atoms with Crippen LogP contribution in [0.2, 0.25) is 0 Å². The Bertz CT molecular complexity index is 1740. The van der Waals surface area contributed by atoms with Gasteiger partial charge in [0.1, 0.15) is 6.10 Å². The summed E-state index contributed by atoms with van der Waals surface area (Å²) < 4.78 is 36.3. The molecule has 0 bridgehead atoms. The first kappa shape index (κ1) is 51.7. The molecule has 4 amide bonds. The highest BCUT2D eigenvalue weighted by molar-refractivity contribution is 7.47. The number of phosphoric acid groups is 1. The van der Waals surface area contributed by atoms with Crippen molar-refractivity contribution in [3.63, 3.8) is 0 Å². The minimum absolute atomic E-state index is 0.0145. The largest absolute Gasteiger partial charge is 0.473 e. The van der Waals surface area contributed by atoms with Crippen molar-refractivity contribution < 1.29 is 47.2 Å². The average Bonchev–Trinajstić information content (AvgIpc) is 3.71. The Morgan fingerprint density at radius 3 is 2.13 bits per heavy atom. The fraction of sp³-hybridized carbons (Fsp3) is 0.644. The number of methoxy groups -OCH3 is 2. The van der Waals surface area contributed by atoms with Crippen molar-refractivity contribution >= 4 is 31.5 Å². The third kappa shape index (κ3) is 14.7. The number of phosphoric ester groups is 1. The first-order chi connectivity index (χ1) is 28.8. The summed E-state index contributed by atoms with van der Waals surface area (Å²) in [5.41, 5.74) is 2.31. The van der Waals surface area contributed by atoms with Gasteiger partial charge in [-0.25, -0.2) is 4.57 Å². The van der Waals surface area contributed by atoms with Gasteiger partial charge >= 0.3 is 7.82 Å². The third-order valence-corrected chi connectivity index (χ3v) is 12.8. The Balaban J connectivity index is 1.73. The Morgan fingerprint density at radius 2 is 1.57 bits per heavy atom. The molecule has 3 N–H and O–H groups in total. The third-order valence-electron chi connectivity index (χ3n) is 11.9. The molecule has 3 rings (SSSR count). The first-order valence-corrected chi connectivity index (χ1v) is 22.9. The zero-order chi connectivity index (χ0) is 45.6. The van der Waals surface area contributed by atoms with E-state index in [2.05, 4.69) is 10.6 Å². The van der Waals surface area contributed by atoms with Crippen LogP contribution in [0.5, 0.6) is 0 Å². The molecule has 1 unspecified atom stereocenters. The number of aryl methyl sites for hydroxylation is 1. The maximum atomic E-state index is 14.2. The summed E-state index contributed by atoms with van der Waals surface area (Å²) in [4.78, 5) is 70.7. The number of likely N-dealkylation sites (tertiary alicyclic amines) is 1. The predicted molar refractivity (Wildman–Crippen MR) is 235 cm³/mol. The maximum absolute atomic E-state index is 14.2. The van der Waals surface area contributed by atoms with E-state index in [0.717, 1.165) is 5.56 Å². The van der Waals surface area contributed by atoms with E-state index >= 15 is 0 Å². The highest BCUT2D eigenvalue weighted by atomic mass is 31.2. The SMILES string of the molecule is CC[C@H](C)[C@@H]([C@@H](CC(=O)N1CCC[C@H]1[C@H](OC)[C@@H](C)C(=O)N[C@H](C)[C@@H](OP(=O)(O)OCc1ccc(C)cc1)c1ccccc1)OC)N(C)C(=O)CNC(=O)[C@H](C(C)C)N(C)C. The van der Waals surface area contributed by atoms with Crippen molar-refractivity contribution in [3.8, 4) is 0 Å². The number of nitrogens with zero attached hydrogens (tertiary/aromatic N) is 3. The zero-order valence-electron chi connectivity index (χ0n) is 38.3. The molecule has 15 nitrogen and oxygen atoms in total.